The number of Topliss-reactive ketones (excluding diaryl/α,β-unsaturated/α-hetero) is 2. The van der Waals surface area contributed by atoms with Gasteiger partial charge in [-0.05, 0) is 55.3 Å². The second kappa shape index (κ2) is 7.12. The number of carbonyl (C=O) groups excluding carboxylic acids is 2. The Bertz CT molecular complexity index is 1040. The van der Waals surface area contributed by atoms with Gasteiger partial charge in [-0.1, -0.05) is 24.3 Å². The number of benzene rings is 2. The maximum absolute atomic E-state index is 13.1. The molecular weight excluding hydrogens is 354 g/mol. The zero-order valence-electron chi connectivity index (χ0n) is 15.4. The number of aromatic nitrogens is 1. The summed E-state index contributed by atoms with van der Waals surface area (Å²) in [7, 11) is 0. The lowest BCUT2D eigenvalue weighted by Gasteiger charge is -2.21. The predicted octanol–water partition coefficient (Wildman–Crippen LogP) is 4.45. The van der Waals surface area contributed by atoms with Crippen LogP contribution in [-0.2, 0) is 0 Å². The Morgan fingerprint density at radius 3 is 1.79 bits per heavy atom. The summed E-state index contributed by atoms with van der Waals surface area (Å²) in [5, 5.41) is 0. The highest BCUT2D eigenvalue weighted by Crippen LogP contribution is 2.30. The predicted molar refractivity (Wildman–Crippen MR) is 104 cm³/mol. The maximum Gasteiger partial charge on any atom is 0.234 e. The van der Waals surface area contributed by atoms with E-state index in [9.17, 15) is 9.59 Å². The molecule has 0 N–H and O–H groups in total. The average Bonchev–Trinajstić information content (AvgIpc) is 2.69. The van der Waals surface area contributed by atoms with Crippen molar-refractivity contribution in [2.24, 2.45) is 0 Å². The van der Waals surface area contributed by atoms with Crippen molar-refractivity contribution in [3.05, 3.63) is 101 Å². The standard InChI is InChI=1S/C23H17NO4/c1-14-5-3-7-16(11-14)27-22-20(25)18-9-10-24-13-19(18)21(26)23(22)28-17-8-4-6-15(2)12-17/h3-13H,1-2H3. The highest BCUT2D eigenvalue weighted by atomic mass is 16.5. The van der Waals surface area contributed by atoms with Crippen LogP contribution in [0.5, 0.6) is 11.5 Å². The van der Waals surface area contributed by atoms with Crippen molar-refractivity contribution >= 4 is 11.6 Å². The van der Waals surface area contributed by atoms with E-state index in [0.29, 0.717) is 11.5 Å². The lowest BCUT2D eigenvalue weighted by atomic mass is 9.94. The number of rotatable bonds is 4. The molecule has 1 aliphatic carbocycles. The molecule has 1 aromatic heterocycles. The van der Waals surface area contributed by atoms with E-state index in [2.05, 4.69) is 4.98 Å². The van der Waals surface area contributed by atoms with E-state index >= 15 is 0 Å². The smallest absolute Gasteiger partial charge is 0.234 e. The Labute approximate surface area is 162 Å². The highest BCUT2D eigenvalue weighted by molar-refractivity contribution is 6.25. The summed E-state index contributed by atoms with van der Waals surface area (Å²) >= 11 is 0. The molecule has 0 saturated carbocycles. The van der Waals surface area contributed by atoms with Crippen LogP contribution in [-0.4, -0.2) is 16.6 Å². The molecule has 28 heavy (non-hydrogen) atoms. The van der Waals surface area contributed by atoms with Crippen molar-refractivity contribution in [1.82, 2.24) is 4.98 Å². The molecule has 4 rings (SSSR count). The summed E-state index contributed by atoms with van der Waals surface area (Å²) in [5.41, 5.74) is 2.39. The van der Waals surface area contributed by atoms with Gasteiger partial charge in [0.15, 0.2) is 0 Å². The second-order valence-corrected chi connectivity index (χ2v) is 6.57. The van der Waals surface area contributed by atoms with E-state index in [1.54, 1.807) is 24.3 Å². The Morgan fingerprint density at radius 1 is 0.714 bits per heavy atom. The van der Waals surface area contributed by atoms with Gasteiger partial charge in [0.05, 0.1) is 5.56 Å². The van der Waals surface area contributed by atoms with Crippen molar-refractivity contribution in [1.29, 1.82) is 0 Å². The van der Waals surface area contributed by atoms with Gasteiger partial charge in [0, 0.05) is 18.0 Å². The fraction of sp³-hybridized carbons (Fsp3) is 0.0870. The largest absolute Gasteiger partial charge is 0.449 e. The zero-order valence-corrected chi connectivity index (χ0v) is 15.4. The quantitative estimate of drug-likeness (QED) is 0.678. The fourth-order valence-electron chi connectivity index (χ4n) is 3.00. The van der Waals surface area contributed by atoms with E-state index in [1.165, 1.54) is 18.5 Å². The molecule has 0 radical (unpaired) electrons. The number of allylic oxidation sites excluding steroid dienone is 2. The molecule has 0 saturated heterocycles. The van der Waals surface area contributed by atoms with E-state index in [0.717, 1.165) is 11.1 Å². The van der Waals surface area contributed by atoms with Gasteiger partial charge in [-0.2, -0.15) is 0 Å². The van der Waals surface area contributed by atoms with Gasteiger partial charge in [0.25, 0.3) is 0 Å². The summed E-state index contributed by atoms with van der Waals surface area (Å²) in [6, 6.07) is 16.0. The molecular formula is C23H17NO4. The van der Waals surface area contributed by atoms with Crippen LogP contribution >= 0.6 is 0 Å². The summed E-state index contributed by atoms with van der Waals surface area (Å²) < 4.78 is 11.7. The van der Waals surface area contributed by atoms with Crippen molar-refractivity contribution < 1.29 is 19.1 Å². The van der Waals surface area contributed by atoms with Gasteiger partial charge in [-0.15, -0.1) is 0 Å². The van der Waals surface area contributed by atoms with Crippen molar-refractivity contribution in [3.8, 4) is 11.5 Å². The molecule has 5 nitrogen and oxygen atoms in total. The number of fused-ring (bicyclic) bond motifs is 1. The minimum atomic E-state index is -0.438. The van der Waals surface area contributed by atoms with Crippen molar-refractivity contribution in [2.75, 3.05) is 0 Å². The van der Waals surface area contributed by atoms with Crippen LogP contribution in [0.15, 0.2) is 78.5 Å². The maximum atomic E-state index is 13.1. The first kappa shape index (κ1) is 17.7. The number of pyridine rings is 1. The summed E-state index contributed by atoms with van der Waals surface area (Å²) in [5.74, 6) is -0.214. The molecule has 0 atom stereocenters. The normalized spacial score (nSPS) is 13.4. The lowest BCUT2D eigenvalue weighted by molar-refractivity contribution is 0.0896. The average molecular weight is 371 g/mol. The Morgan fingerprint density at radius 2 is 1.25 bits per heavy atom. The third-order valence-corrected chi connectivity index (χ3v) is 4.35. The Kier molecular flexibility index (Phi) is 4.49. The summed E-state index contributed by atoms with van der Waals surface area (Å²) in [6.45, 7) is 3.83. The molecule has 0 unspecified atom stereocenters. The molecule has 0 bridgehead atoms. The third kappa shape index (κ3) is 3.30. The van der Waals surface area contributed by atoms with Crippen LogP contribution in [0.25, 0.3) is 0 Å². The van der Waals surface area contributed by atoms with Gasteiger partial charge < -0.3 is 9.47 Å². The molecule has 0 spiro atoms. The molecule has 138 valence electrons. The Balaban J connectivity index is 1.83. The molecule has 1 aliphatic rings. The van der Waals surface area contributed by atoms with Gasteiger partial charge in [0.2, 0.25) is 23.1 Å². The van der Waals surface area contributed by atoms with Crippen molar-refractivity contribution in [2.45, 2.75) is 13.8 Å². The van der Waals surface area contributed by atoms with E-state index in [4.69, 9.17) is 9.47 Å². The molecule has 3 aromatic rings. The van der Waals surface area contributed by atoms with E-state index < -0.39 is 11.6 Å². The number of carbonyl (C=O) groups is 2. The number of hydrogen-bond donors (Lipinski definition) is 0. The van der Waals surface area contributed by atoms with Crippen LogP contribution in [0, 0.1) is 13.8 Å². The molecule has 0 fully saturated rings. The molecule has 5 heteroatoms. The summed E-state index contributed by atoms with van der Waals surface area (Å²) in [6.07, 6.45) is 2.85. The first-order chi connectivity index (χ1) is 13.5. The van der Waals surface area contributed by atoms with Crippen LogP contribution in [0.2, 0.25) is 0 Å². The number of hydrogen-bond acceptors (Lipinski definition) is 5. The number of ketones is 2. The molecule has 0 aliphatic heterocycles. The minimum absolute atomic E-state index is 0.129. The fourth-order valence-corrected chi connectivity index (χ4v) is 3.00. The SMILES string of the molecule is Cc1cccc(OC2=C(Oc3cccc(C)c3)C(=O)c3cnccc3C2=O)c1. The van der Waals surface area contributed by atoms with Crippen LogP contribution < -0.4 is 9.47 Å². The first-order valence-electron chi connectivity index (χ1n) is 8.79. The third-order valence-electron chi connectivity index (χ3n) is 4.35. The van der Waals surface area contributed by atoms with Gasteiger partial charge in [-0.25, -0.2) is 0 Å². The van der Waals surface area contributed by atoms with Gasteiger partial charge in [-0.3, -0.25) is 14.6 Å². The van der Waals surface area contributed by atoms with Crippen LogP contribution in [0.4, 0.5) is 0 Å². The number of nitrogens with zero attached hydrogens (tertiary/aromatic N) is 1. The zero-order chi connectivity index (χ0) is 19.7. The number of ether oxygens (including phenoxy) is 2. The molecule has 2 aromatic carbocycles. The van der Waals surface area contributed by atoms with Gasteiger partial charge in [0.1, 0.15) is 11.5 Å². The molecule has 1 heterocycles. The highest BCUT2D eigenvalue weighted by Gasteiger charge is 2.36. The number of aryl methyl sites for hydroxylation is 2. The lowest BCUT2D eigenvalue weighted by Crippen LogP contribution is -2.28. The topological polar surface area (TPSA) is 65.5 Å². The van der Waals surface area contributed by atoms with Crippen LogP contribution in [0.1, 0.15) is 31.8 Å². The summed E-state index contributed by atoms with van der Waals surface area (Å²) in [4.78, 5) is 30.1. The molecule has 0 amide bonds. The minimum Gasteiger partial charge on any atom is -0.449 e. The van der Waals surface area contributed by atoms with Crippen LogP contribution in [0.3, 0.4) is 0 Å². The first-order valence-corrected chi connectivity index (χ1v) is 8.79. The Hall–Kier alpha value is -3.73. The van der Waals surface area contributed by atoms with Gasteiger partial charge >= 0.3 is 0 Å². The van der Waals surface area contributed by atoms with E-state index in [1.807, 2.05) is 38.1 Å². The van der Waals surface area contributed by atoms with E-state index in [-0.39, 0.29) is 22.6 Å². The van der Waals surface area contributed by atoms with Crippen molar-refractivity contribution in [3.63, 3.8) is 0 Å². The second-order valence-electron chi connectivity index (χ2n) is 6.57. The monoisotopic (exact) mass is 371 g/mol.